The number of halogens is 3. The molecule has 0 radical (unpaired) electrons. The highest BCUT2D eigenvalue weighted by atomic mass is 19.4. The molecule has 0 spiro atoms. The standard InChI is InChI=1S/C15H20F3NO/c16-15(17,18)13-6-4-12(5-7-13)14(19)10-20-9-8-11-2-1-3-11/h4-7,11,14H,1-3,8-10,19H2. The molecule has 0 saturated heterocycles. The molecular formula is C15H20F3NO. The highest BCUT2D eigenvalue weighted by molar-refractivity contribution is 5.26. The first-order valence-corrected chi connectivity index (χ1v) is 6.97. The highest BCUT2D eigenvalue weighted by Gasteiger charge is 2.30. The lowest BCUT2D eigenvalue weighted by atomic mass is 9.83. The molecule has 1 fully saturated rings. The van der Waals surface area contributed by atoms with E-state index in [1.165, 1.54) is 31.4 Å². The smallest absolute Gasteiger partial charge is 0.379 e. The molecule has 1 saturated carbocycles. The van der Waals surface area contributed by atoms with Crippen LogP contribution in [0.2, 0.25) is 0 Å². The Morgan fingerprint density at radius 2 is 1.85 bits per heavy atom. The average Bonchev–Trinajstić information content (AvgIpc) is 2.35. The van der Waals surface area contributed by atoms with Gasteiger partial charge in [-0.05, 0) is 30.0 Å². The third-order valence-electron chi connectivity index (χ3n) is 3.86. The second-order valence-electron chi connectivity index (χ2n) is 5.39. The van der Waals surface area contributed by atoms with E-state index in [-0.39, 0.29) is 6.04 Å². The number of hydrogen-bond acceptors (Lipinski definition) is 2. The second kappa shape index (κ2) is 6.59. The molecule has 112 valence electrons. The molecule has 0 amide bonds. The summed E-state index contributed by atoms with van der Waals surface area (Å²) in [5.41, 5.74) is 5.93. The Balaban J connectivity index is 1.75. The molecule has 1 aromatic rings. The van der Waals surface area contributed by atoms with Crippen molar-refractivity contribution in [3.63, 3.8) is 0 Å². The van der Waals surface area contributed by atoms with Crippen molar-refractivity contribution < 1.29 is 17.9 Å². The van der Waals surface area contributed by atoms with E-state index in [0.29, 0.717) is 18.8 Å². The third kappa shape index (κ3) is 4.21. The summed E-state index contributed by atoms with van der Waals surface area (Å²) in [6.45, 7) is 1.02. The van der Waals surface area contributed by atoms with Crippen molar-refractivity contribution in [1.29, 1.82) is 0 Å². The van der Waals surface area contributed by atoms with Crippen molar-refractivity contribution in [3.05, 3.63) is 35.4 Å². The highest BCUT2D eigenvalue weighted by Crippen LogP contribution is 2.30. The van der Waals surface area contributed by atoms with Gasteiger partial charge in [0, 0.05) is 6.61 Å². The van der Waals surface area contributed by atoms with Crippen molar-refractivity contribution in [3.8, 4) is 0 Å². The van der Waals surface area contributed by atoms with Crippen molar-refractivity contribution in [1.82, 2.24) is 0 Å². The Kier molecular flexibility index (Phi) is 5.05. The van der Waals surface area contributed by atoms with Crippen LogP contribution in [0.3, 0.4) is 0 Å². The first kappa shape index (κ1) is 15.3. The van der Waals surface area contributed by atoms with Crippen LogP contribution < -0.4 is 5.73 Å². The third-order valence-corrected chi connectivity index (χ3v) is 3.86. The lowest BCUT2D eigenvalue weighted by molar-refractivity contribution is -0.137. The van der Waals surface area contributed by atoms with E-state index in [9.17, 15) is 13.2 Å². The molecule has 1 atom stereocenters. The topological polar surface area (TPSA) is 35.2 Å². The summed E-state index contributed by atoms with van der Waals surface area (Å²) >= 11 is 0. The molecule has 0 bridgehead atoms. The van der Waals surface area contributed by atoms with Crippen molar-refractivity contribution in [2.45, 2.75) is 37.9 Å². The van der Waals surface area contributed by atoms with Gasteiger partial charge in [0.2, 0.25) is 0 Å². The lowest BCUT2D eigenvalue weighted by Gasteiger charge is -2.25. The zero-order chi connectivity index (χ0) is 14.6. The molecule has 1 unspecified atom stereocenters. The van der Waals surface area contributed by atoms with Crippen LogP contribution in [0.25, 0.3) is 0 Å². The lowest BCUT2D eigenvalue weighted by Crippen LogP contribution is -2.19. The van der Waals surface area contributed by atoms with Gasteiger partial charge in [0.25, 0.3) is 0 Å². The van der Waals surface area contributed by atoms with E-state index in [2.05, 4.69) is 0 Å². The maximum Gasteiger partial charge on any atom is 0.416 e. The van der Waals surface area contributed by atoms with Gasteiger partial charge < -0.3 is 10.5 Å². The molecule has 0 aromatic heterocycles. The summed E-state index contributed by atoms with van der Waals surface area (Å²) in [5.74, 6) is 0.789. The zero-order valence-electron chi connectivity index (χ0n) is 11.3. The van der Waals surface area contributed by atoms with Crippen molar-refractivity contribution >= 4 is 0 Å². The van der Waals surface area contributed by atoms with E-state index in [0.717, 1.165) is 24.5 Å². The van der Waals surface area contributed by atoms with Crippen LogP contribution in [-0.2, 0) is 10.9 Å². The fourth-order valence-electron chi connectivity index (χ4n) is 2.26. The van der Waals surface area contributed by atoms with Gasteiger partial charge in [-0.25, -0.2) is 0 Å². The summed E-state index contributed by atoms with van der Waals surface area (Å²) in [6, 6.07) is 4.58. The van der Waals surface area contributed by atoms with Crippen LogP contribution in [-0.4, -0.2) is 13.2 Å². The van der Waals surface area contributed by atoms with Gasteiger partial charge in [-0.2, -0.15) is 13.2 Å². The Bertz CT molecular complexity index is 412. The van der Waals surface area contributed by atoms with Gasteiger partial charge in [0.05, 0.1) is 18.2 Å². The fraction of sp³-hybridized carbons (Fsp3) is 0.600. The Morgan fingerprint density at radius 3 is 2.35 bits per heavy atom. The minimum Gasteiger partial charge on any atom is -0.379 e. The van der Waals surface area contributed by atoms with Gasteiger partial charge in [-0.1, -0.05) is 31.4 Å². The Labute approximate surface area is 117 Å². The van der Waals surface area contributed by atoms with E-state index in [1.54, 1.807) is 0 Å². The average molecular weight is 287 g/mol. The normalized spacial score (nSPS) is 17.8. The number of rotatable bonds is 6. The number of ether oxygens (including phenoxy) is 1. The summed E-state index contributed by atoms with van der Waals surface area (Å²) in [5, 5.41) is 0. The number of benzene rings is 1. The molecule has 1 aliphatic carbocycles. The predicted molar refractivity (Wildman–Crippen MR) is 71.1 cm³/mol. The summed E-state index contributed by atoms with van der Waals surface area (Å²) in [7, 11) is 0. The molecule has 0 heterocycles. The fourth-order valence-corrected chi connectivity index (χ4v) is 2.26. The molecule has 2 rings (SSSR count). The van der Waals surface area contributed by atoms with E-state index >= 15 is 0 Å². The Hall–Kier alpha value is -1.07. The number of hydrogen-bond donors (Lipinski definition) is 1. The quantitative estimate of drug-likeness (QED) is 0.805. The van der Waals surface area contributed by atoms with E-state index in [1.807, 2.05) is 0 Å². The minimum atomic E-state index is -4.30. The maximum atomic E-state index is 12.4. The van der Waals surface area contributed by atoms with Crippen LogP contribution >= 0.6 is 0 Å². The summed E-state index contributed by atoms with van der Waals surface area (Å²) in [6.07, 6.45) is 0.639. The summed E-state index contributed by atoms with van der Waals surface area (Å²) < 4.78 is 42.8. The van der Waals surface area contributed by atoms with Gasteiger partial charge in [0.15, 0.2) is 0 Å². The summed E-state index contributed by atoms with van der Waals surface area (Å²) in [4.78, 5) is 0. The first-order valence-electron chi connectivity index (χ1n) is 6.97. The molecular weight excluding hydrogens is 267 g/mol. The van der Waals surface area contributed by atoms with Crippen LogP contribution in [0.1, 0.15) is 42.9 Å². The molecule has 5 heteroatoms. The number of alkyl halides is 3. The van der Waals surface area contributed by atoms with Crippen molar-refractivity contribution in [2.24, 2.45) is 11.7 Å². The van der Waals surface area contributed by atoms with Gasteiger partial charge in [-0.3, -0.25) is 0 Å². The Morgan fingerprint density at radius 1 is 1.20 bits per heavy atom. The van der Waals surface area contributed by atoms with E-state index < -0.39 is 11.7 Å². The van der Waals surface area contributed by atoms with E-state index in [4.69, 9.17) is 10.5 Å². The molecule has 2 nitrogen and oxygen atoms in total. The van der Waals surface area contributed by atoms with Gasteiger partial charge in [0.1, 0.15) is 0 Å². The van der Waals surface area contributed by atoms with Gasteiger partial charge in [-0.15, -0.1) is 0 Å². The first-order chi connectivity index (χ1) is 9.47. The van der Waals surface area contributed by atoms with Crippen molar-refractivity contribution in [2.75, 3.05) is 13.2 Å². The predicted octanol–water partition coefficient (Wildman–Crippen LogP) is 3.91. The molecule has 0 aliphatic heterocycles. The molecule has 20 heavy (non-hydrogen) atoms. The number of nitrogens with two attached hydrogens (primary N) is 1. The van der Waals surface area contributed by atoms with Crippen LogP contribution in [0.5, 0.6) is 0 Å². The maximum absolute atomic E-state index is 12.4. The molecule has 1 aromatic carbocycles. The minimum absolute atomic E-state index is 0.345. The second-order valence-corrected chi connectivity index (χ2v) is 5.39. The van der Waals surface area contributed by atoms with Gasteiger partial charge >= 0.3 is 6.18 Å². The molecule has 1 aliphatic rings. The largest absolute Gasteiger partial charge is 0.416 e. The SMILES string of the molecule is NC(COCCC1CCC1)c1ccc(C(F)(F)F)cc1. The zero-order valence-corrected chi connectivity index (χ0v) is 11.3. The van der Waals surface area contributed by atoms with Crippen LogP contribution in [0, 0.1) is 5.92 Å². The van der Waals surface area contributed by atoms with Crippen LogP contribution in [0.15, 0.2) is 24.3 Å². The van der Waals surface area contributed by atoms with Crippen LogP contribution in [0.4, 0.5) is 13.2 Å². The monoisotopic (exact) mass is 287 g/mol. The molecule has 2 N–H and O–H groups in total.